The van der Waals surface area contributed by atoms with E-state index in [2.05, 4.69) is 10.3 Å². The lowest BCUT2D eigenvalue weighted by Crippen LogP contribution is -2.56. The number of hydrogen-bond donors (Lipinski definition) is 2. The molecule has 0 aliphatic carbocycles. The van der Waals surface area contributed by atoms with Crippen molar-refractivity contribution in [1.29, 1.82) is 0 Å². The van der Waals surface area contributed by atoms with E-state index >= 15 is 4.39 Å². The second kappa shape index (κ2) is 13.4. The Morgan fingerprint density at radius 3 is 1.98 bits per heavy atom. The molecule has 1 aliphatic rings. The Hall–Kier alpha value is -5.32. The highest BCUT2D eigenvalue weighted by Gasteiger charge is 2.51. The molecule has 1 aromatic heterocycles. The van der Waals surface area contributed by atoms with Gasteiger partial charge in [-0.1, -0.05) is 91.0 Å². The molecule has 0 amide bonds. The van der Waals surface area contributed by atoms with Crippen molar-refractivity contribution >= 4 is 5.97 Å². The number of benzene rings is 4. The smallest absolute Gasteiger partial charge is 0.338 e. The molecule has 1 saturated heterocycles. The molecule has 0 saturated carbocycles. The highest BCUT2D eigenvalue weighted by molar-refractivity contribution is 5.89. The van der Waals surface area contributed by atoms with Crippen LogP contribution in [0.3, 0.4) is 0 Å². The highest BCUT2D eigenvalue weighted by atomic mass is 19.1. The molecule has 5 aromatic rings. The van der Waals surface area contributed by atoms with Gasteiger partial charge >= 0.3 is 11.7 Å². The van der Waals surface area contributed by atoms with E-state index in [9.17, 15) is 14.4 Å². The maximum atomic E-state index is 16.9. The predicted octanol–water partition coefficient (Wildman–Crippen LogP) is 4.59. The maximum absolute atomic E-state index is 16.9. The van der Waals surface area contributed by atoms with Gasteiger partial charge in [-0.2, -0.15) is 0 Å². The molecule has 4 atom stereocenters. The van der Waals surface area contributed by atoms with E-state index in [0.29, 0.717) is 11.3 Å². The lowest BCUT2D eigenvalue weighted by atomic mass is 9.76. The Morgan fingerprint density at radius 2 is 1.41 bits per heavy atom. The van der Waals surface area contributed by atoms with E-state index in [1.807, 2.05) is 84.9 Å². The monoisotopic (exact) mass is 621 g/mol. The van der Waals surface area contributed by atoms with Crippen LogP contribution in [0.15, 0.2) is 137 Å². The van der Waals surface area contributed by atoms with Crippen molar-refractivity contribution < 1.29 is 23.4 Å². The molecule has 0 unspecified atom stereocenters. The van der Waals surface area contributed by atoms with E-state index in [4.69, 9.17) is 14.2 Å². The summed E-state index contributed by atoms with van der Waals surface area (Å²) < 4.78 is 35.2. The molecule has 1 aliphatic heterocycles. The third-order valence-corrected chi connectivity index (χ3v) is 8.16. The standard InChI is InChI=1S/C36H32FN3O6/c1-44-28-19-17-27(18-20-28)36(25-13-7-3-8-14-25,26-15-9-4-10-16-26)39-32-29(23-45-34(42)24-11-5-2-6-12-24)46-33(31(32)37)40-22-21-30(41)38-35(40)43/h2-22,29,31-33,39H,23H2,1H3,(H,38,41,43)/t29-,31-,32-,33-/m1/s1. The van der Waals surface area contributed by atoms with Crippen molar-refractivity contribution in [3.63, 3.8) is 0 Å². The van der Waals surface area contributed by atoms with Gasteiger partial charge in [0.1, 0.15) is 18.5 Å². The van der Waals surface area contributed by atoms with E-state index < -0.39 is 47.3 Å². The SMILES string of the molecule is COc1ccc(C(N[C@H]2[C@@H](F)[C@H](n3ccc(=O)[nH]c3=O)O[C@@H]2COC(=O)c2ccccc2)(c2ccccc2)c2ccccc2)cc1. The average Bonchev–Trinajstić information content (AvgIpc) is 3.41. The van der Waals surface area contributed by atoms with Crippen LogP contribution in [0.4, 0.5) is 4.39 Å². The molecule has 1 fully saturated rings. The van der Waals surface area contributed by atoms with Crippen LogP contribution < -0.4 is 21.3 Å². The van der Waals surface area contributed by atoms with Crippen LogP contribution >= 0.6 is 0 Å². The Morgan fingerprint density at radius 1 is 0.848 bits per heavy atom. The number of aromatic amines is 1. The first-order valence-corrected chi connectivity index (χ1v) is 14.8. The van der Waals surface area contributed by atoms with Crippen molar-refractivity contribution in [3.05, 3.63) is 171 Å². The minimum atomic E-state index is -1.82. The Labute approximate surface area is 264 Å². The molecule has 4 aromatic carbocycles. The normalized spacial score (nSPS) is 19.4. The minimum Gasteiger partial charge on any atom is -0.497 e. The second-order valence-electron chi connectivity index (χ2n) is 10.9. The van der Waals surface area contributed by atoms with E-state index in [0.717, 1.165) is 27.3 Å². The summed E-state index contributed by atoms with van der Waals surface area (Å²) in [7, 11) is 1.58. The molecule has 0 bridgehead atoms. The molecule has 234 valence electrons. The number of nitrogens with zero attached hydrogens (tertiary/aromatic N) is 1. The molecule has 2 heterocycles. The first-order chi connectivity index (χ1) is 22.4. The summed E-state index contributed by atoms with van der Waals surface area (Å²) in [6, 6.07) is 35.1. The first-order valence-electron chi connectivity index (χ1n) is 14.8. The van der Waals surface area contributed by atoms with Crippen LogP contribution in [0, 0.1) is 0 Å². The van der Waals surface area contributed by atoms with Gasteiger partial charge in [0, 0.05) is 12.3 Å². The van der Waals surface area contributed by atoms with Crippen LogP contribution in [-0.2, 0) is 15.0 Å². The third-order valence-electron chi connectivity index (χ3n) is 8.16. The number of halogens is 1. The lowest BCUT2D eigenvalue weighted by Gasteiger charge is -2.40. The van der Waals surface area contributed by atoms with Crippen LogP contribution in [0.25, 0.3) is 0 Å². The van der Waals surface area contributed by atoms with Crippen molar-refractivity contribution in [2.75, 3.05) is 13.7 Å². The summed E-state index contributed by atoms with van der Waals surface area (Å²) in [5, 5.41) is 3.59. The number of alkyl halides is 1. The van der Waals surface area contributed by atoms with Crippen LogP contribution in [-0.4, -0.2) is 47.6 Å². The summed E-state index contributed by atoms with van der Waals surface area (Å²) in [6.45, 7) is -0.317. The number of methoxy groups -OCH3 is 1. The van der Waals surface area contributed by atoms with E-state index in [-0.39, 0.29) is 6.61 Å². The van der Waals surface area contributed by atoms with Crippen LogP contribution in [0.5, 0.6) is 5.75 Å². The van der Waals surface area contributed by atoms with Gasteiger partial charge in [0.25, 0.3) is 5.56 Å². The van der Waals surface area contributed by atoms with Crippen molar-refractivity contribution in [2.45, 2.75) is 30.1 Å². The van der Waals surface area contributed by atoms with Gasteiger partial charge in [0.05, 0.1) is 24.3 Å². The number of carbonyl (C=O) groups excluding carboxylic acids is 1. The van der Waals surface area contributed by atoms with Gasteiger partial charge in [-0.05, 0) is 41.0 Å². The van der Waals surface area contributed by atoms with Gasteiger partial charge in [0.15, 0.2) is 12.4 Å². The second-order valence-corrected chi connectivity index (χ2v) is 10.9. The van der Waals surface area contributed by atoms with Gasteiger partial charge in [0.2, 0.25) is 0 Å². The molecule has 0 radical (unpaired) electrons. The molecule has 6 rings (SSSR count). The molecule has 9 nitrogen and oxygen atoms in total. The third kappa shape index (κ3) is 6.00. The number of esters is 1. The Bertz CT molecular complexity index is 1840. The zero-order valence-electron chi connectivity index (χ0n) is 24.9. The quantitative estimate of drug-likeness (QED) is 0.173. The van der Waals surface area contributed by atoms with E-state index in [1.54, 1.807) is 37.4 Å². The van der Waals surface area contributed by atoms with Gasteiger partial charge in [-0.25, -0.2) is 14.0 Å². The number of nitrogens with one attached hydrogen (secondary N) is 2. The Balaban J connectivity index is 1.47. The van der Waals surface area contributed by atoms with Crippen molar-refractivity contribution in [1.82, 2.24) is 14.9 Å². The van der Waals surface area contributed by atoms with Gasteiger partial charge in [-0.15, -0.1) is 0 Å². The number of H-pyrrole nitrogens is 1. The van der Waals surface area contributed by atoms with Crippen molar-refractivity contribution in [3.8, 4) is 5.75 Å². The first kappa shape index (κ1) is 30.7. The zero-order chi connectivity index (χ0) is 32.1. The van der Waals surface area contributed by atoms with E-state index in [1.165, 1.54) is 6.20 Å². The summed E-state index contributed by atoms with van der Waals surface area (Å²) >= 11 is 0. The Kier molecular flexibility index (Phi) is 8.91. The molecular formula is C36H32FN3O6. The largest absolute Gasteiger partial charge is 0.497 e. The lowest BCUT2D eigenvalue weighted by molar-refractivity contribution is -0.0477. The maximum Gasteiger partial charge on any atom is 0.338 e. The summed E-state index contributed by atoms with van der Waals surface area (Å²) in [5.41, 5.74) is 0.142. The molecule has 46 heavy (non-hydrogen) atoms. The number of rotatable bonds is 10. The fourth-order valence-electron chi connectivity index (χ4n) is 5.92. The highest BCUT2D eigenvalue weighted by Crippen LogP contribution is 2.41. The summed E-state index contributed by atoms with van der Waals surface area (Å²) in [5.74, 6) is 0.0464. The molecular weight excluding hydrogens is 589 g/mol. The number of hydrogen-bond acceptors (Lipinski definition) is 7. The minimum absolute atomic E-state index is 0.317. The molecule has 0 spiro atoms. The van der Waals surface area contributed by atoms with Crippen molar-refractivity contribution in [2.24, 2.45) is 0 Å². The fourth-order valence-corrected chi connectivity index (χ4v) is 5.92. The van der Waals surface area contributed by atoms with Gasteiger partial charge < -0.3 is 14.2 Å². The topological polar surface area (TPSA) is 112 Å². The van der Waals surface area contributed by atoms with Crippen LogP contribution in [0.2, 0.25) is 0 Å². The number of aromatic nitrogens is 2. The number of ether oxygens (including phenoxy) is 3. The zero-order valence-corrected chi connectivity index (χ0v) is 24.9. The number of carbonyl (C=O) groups is 1. The average molecular weight is 622 g/mol. The summed E-state index contributed by atoms with van der Waals surface area (Å²) in [6.07, 6.45) is -3.10. The fraction of sp³-hybridized carbons (Fsp3) is 0.194. The predicted molar refractivity (Wildman–Crippen MR) is 170 cm³/mol. The molecule has 10 heteroatoms. The van der Waals surface area contributed by atoms with Crippen LogP contribution in [0.1, 0.15) is 33.3 Å². The summed E-state index contributed by atoms with van der Waals surface area (Å²) in [4.78, 5) is 39.7. The van der Waals surface area contributed by atoms with Gasteiger partial charge in [-0.3, -0.25) is 19.7 Å². The molecule has 2 N–H and O–H groups in total.